The molecule has 1 aliphatic rings. The number of sulfonamides is 1. The number of methoxy groups -OCH3 is 1. The van der Waals surface area contributed by atoms with Gasteiger partial charge in [-0.25, -0.2) is 8.42 Å². The van der Waals surface area contributed by atoms with E-state index >= 15 is 0 Å². The zero-order valence-electron chi connectivity index (χ0n) is 14.1. The second-order valence-corrected chi connectivity index (χ2v) is 7.28. The minimum Gasteiger partial charge on any atom is -0.497 e. The third-order valence-corrected chi connectivity index (χ3v) is 5.51. The Kier molecular flexibility index (Phi) is 4.30. The van der Waals surface area contributed by atoms with Crippen LogP contribution in [0.25, 0.3) is 0 Å². The number of benzene rings is 2. The Balaban J connectivity index is 1.99. The minimum atomic E-state index is -3.82. The number of carbonyl (C=O) groups is 1. The SMILES string of the molecule is COc1ccc(S(=O)(=O)Nc2cccc3c2OCC(=O)N3C)c(C)c1. The number of nitrogens with one attached hydrogen (secondary N) is 1. The molecule has 0 saturated heterocycles. The van der Waals surface area contributed by atoms with E-state index in [1.165, 1.54) is 18.1 Å². The number of ether oxygens (including phenoxy) is 2. The van der Waals surface area contributed by atoms with E-state index in [1.807, 2.05) is 0 Å². The van der Waals surface area contributed by atoms with Gasteiger partial charge >= 0.3 is 0 Å². The van der Waals surface area contributed by atoms with Crippen LogP contribution >= 0.6 is 0 Å². The fourth-order valence-electron chi connectivity index (χ4n) is 2.64. The molecular weight excluding hydrogens is 344 g/mol. The first-order valence-corrected chi connectivity index (χ1v) is 9.01. The number of carbonyl (C=O) groups excluding carboxylic acids is 1. The molecule has 3 rings (SSSR count). The van der Waals surface area contributed by atoms with Crippen molar-refractivity contribution < 1.29 is 22.7 Å². The number of rotatable bonds is 4. The van der Waals surface area contributed by atoms with Crippen molar-refractivity contribution in [2.75, 3.05) is 30.4 Å². The summed E-state index contributed by atoms with van der Waals surface area (Å²) in [5.74, 6) is 0.717. The van der Waals surface area contributed by atoms with E-state index in [0.29, 0.717) is 22.7 Å². The topological polar surface area (TPSA) is 84.9 Å². The molecule has 1 heterocycles. The number of fused-ring (bicyclic) bond motifs is 1. The smallest absolute Gasteiger partial charge is 0.264 e. The molecule has 0 aliphatic carbocycles. The molecule has 1 amide bonds. The summed E-state index contributed by atoms with van der Waals surface area (Å²) in [4.78, 5) is 13.3. The second-order valence-electron chi connectivity index (χ2n) is 5.63. The number of anilines is 2. The summed E-state index contributed by atoms with van der Waals surface area (Å²) >= 11 is 0. The predicted molar refractivity (Wildman–Crippen MR) is 93.9 cm³/mol. The first-order valence-electron chi connectivity index (χ1n) is 7.53. The van der Waals surface area contributed by atoms with Gasteiger partial charge in [0.25, 0.3) is 15.9 Å². The Labute approximate surface area is 146 Å². The van der Waals surface area contributed by atoms with Crippen LogP contribution in [0, 0.1) is 6.92 Å². The Morgan fingerprint density at radius 2 is 2.00 bits per heavy atom. The van der Waals surface area contributed by atoms with Crippen molar-refractivity contribution in [1.82, 2.24) is 0 Å². The first kappa shape index (κ1) is 17.1. The Morgan fingerprint density at radius 1 is 1.24 bits per heavy atom. The van der Waals surface area contributed by atoms with E-state index < -0.39 is 10.0 Å². The van der Waals surface area contributed by atoms with Gasteiger partial charge < -0.3 is 14.4 Å². The number of likely N-dealkylation sites (N-methyl/N-ethyl adjacent to an activating group) is 1. The molecule has 2 aromatic rings. The molecule has 1 aliphatic heterocycles. The van der Waals surface area contributed by atoms with Crippen molar-refractivity contribution in [3.05, 3.63) is 42.0 Å². The third-order valence-electron chi connectivity index (χ3n) is 3.99. The van der Waals surface area contributed by atoms with Gasteiger partial charge in [-0.2, -0.15) is 0 Å². The van der Waals surface area contributed by atoms with Crippen LogP contribution in [0.15, 0.2) is 41.3 Å². The number of aryl methyl sites for hydroxylation is 1. The summed E-state index contributed by atoms with van der Waals surface area (Å²) < 4.78 is 38.6. The lowest BCUT2D eigenvalue weighted by Gasteiger charge is -2.27. The van der Waals surface area contributed by atoms with E-state index in [9.17, 15) is 13.2 Å². The standard InChI is InChI=1S/C17H18N2O5S/c1-11-9-12(23-3)7-8-15(11)25(21,22)18-13-5-4-6-14-17(13)24-10-16(20)19(14)2/h4-9,18H,10H2,1-3H3. The lowest BCUT2D eigenvalue weighted by Crippen LogP contribution is -2.35. The molecule has 0 atom stereocenters. The van der Waals surface area contributed by atoms with Crippen LogP contribution in [0.5, 0.6) is 11.5 Å². The van der Waals surface area contributed by atoms with Crippen LogP contribution in [0.4, 0.5) is 11.4 Å². The zero-order valence-corrected chi connectivity index (χ0v) is 14.9. The molecule has 0 bridgehead atoms. The number of amides is 1. The summed E-state index contributed by atoms with van der Waals surface area (Å²) in [6.07, 6.45) is 0. The molecule has 0 radical (unpaired) electrons. The summed E-state index contributed by atoms with van der Waals surface area (Å²) in [6.45, 7) is 1.56. The third kappa shape index (κ3) is 3.12. The number of nitrogens with zero attached hydrogens (tertiary/aromatic N) is 1. The minimum absolute atomic E-state index is 0.135. The fourth-order valence-corrected chi connectivity index (χ4v) is 3.93. The van der Waals surface area contributed by atoms with Crippen LogP contribution in [0.2, 0.25) is 0 Å². The van der Waals surface area contributed by atoms with Gasteiger partial charge in [0, 0.05) is 7.05 Å². The van der Waals surface area contributed by atoms with Gasteiger partial charge in [0.2, 0.25) is 0 Å². The largest absolute Gasteiger partial charge is 0.497 e. The van der Waals surface area contributed by atoms with Gasteiger partial charge in [0.05, 0.1) is 23.4 Å². The van der Waals surface area contributed by atoms with E-state index in [4.69, 9.17) is 9.47 Å². The lowest BCUT2D eigenvalue weighted by molar-refractivity contribution is -0.120. The van der Waals surface area contributed by atoms with Crippen molar-refractivity contribution in [3.63, 3.8) is 0 Å². The van der Waals surface area contributed by atoms with Gasteiger partial charge in [-0.05, 0) is 42.8 Å². The van der Waals surface area contributed by atoms with Crippen molar-refractivity contribution in [2.45, 2.75) is 11.8 Å². The molecule has 8 heteroatoms. The highest BCUT2D eigenvalue weighted by Gasteiger charge is 2.27. The summed E-state index contributed by atoms with van der Waals surface area (Å²) in [5.41, 5.74) is 1.36. The summed E-state index contributed by atoms with van der Waals surface area (Å²) in [6, 6.07) is 9.68. The van der Waals surface area contributed by atoms with Crippen molar-refractivity contribution in [3.8, 4) is 11.5 Å². The van der Waals surface area contributed by atoms with E-state index in [2.05, 4.69) is 4.72 Å². The first-order chi connectivity index (χ1) is 11.8. The van der Waals surface area contributed by atoms with Gasteiger partial charge in [0.15, 0.2) is 12.4 Å². The molecule has 132 valence electrons. The highest BCUT2D eigenvalue weighted by Crippen LogP contribution is 2.39. The van der Waals surface area contributed by atoms with E-state index in [0.717, 1.165) is 0 Å². The monoisotopic (exact) mass is 362 g/mol. The molecule has 0 fully saturated rings. The second kappa shape index (κ2) is 6.29. The molecule has 7 nitrogen and oxygen atoms in total. The average Bonchev–Trinajstić information content (AvgIpc) is 2.58. The fraction of sp³-hybridized carbons (Fsp3) is 0.235. The lowest BCUT2D eigenvalue weighted by atomic mass is 10.2. The molecule has 0 saturated carbocycles. The quantitative estimate of drug-likeness (QED) is 0.901. The highest BCUT2D eigenvalue weighted by atomic mass is 32.2. The summed E-state index contributed by atoms with van der Waals surface area (Å²) in [5, 5.41) is 0. The molecule has 0 unspecified atom stereocenters. The number of hydrogen-bond donors (Lipinski definition) is 1. The normalized spacial score (nSPS) is 13.9. The van der Waals surface area contributed by atoms with Gasteiger partial charge in [-0.3, -0.25) is 9.52 Å². The van der Waals surface area contributed by atoms with Crippen molar-refractivity contribution in [1.29, 1.82) is 0 Å². The van der Waals surface area contributed by atoms with Crippen LogP contribution in [0.1, 0.15) is 5.56 Å². The van der Waals surface area contributed by atoms with Gasteiger partial charge in [0.1, 0.15) is 5.75 Å². The molecule has 0 spiro atoms. The van der Waals surface area contributed by atoms with Crippen LogP contribution in [-0.2, 0) is 14.8 Å². The molecular formula is C17H18N2O5S. The molecule has 2 aromatic carbocycles. The molecule has 25 heavy (non-hydrogen) atoms. The van der Waals surface area contributed by atoms with Crippen molar-refractivity contribution in [2.24, 2.45) is 0 Å². The zero-order chi connectivity index (χ0) is 18.2. The maximum atomic E-state index is 12.8. The van der Waals surface area contributed by atoms with Crippen LogP contribution in [-0.4, -0.2) is 35.1 Å². The Morgan fingerprint density at radius 3 is 2.68 bits per heavy atom. The maximum absolute atomic E-state index is 12.8. The van der Waals surface area contributed by atoms with Gasteiger partial charge in [-0.15, -0.1) is 0 Å². The number of hydrogen-bond acceptors (Lipinski definition) is 5. The van der Waals surface area contributed by atoms with Gasteiger partial charge in [-0.1, -0.05) is 6.07 Å². The van der Waals surface area contributed by atoms with E-state index in [1.54, 1.807) is 44.3 Å². The Bertz CT molecular complexity index is 940. The van der Waals surface area contributed by atoms with Crippen LogP contribution < -0.4 is 19.1 Å². The molecule has 1 N–H and O–H groups in total. The molecule has 0 aromatic heterocycles. The number of para-hydroxylation sites is 1. The maximum Gasteiger partial charge on any atom is 0.264 e. The van der Waals surface area contributed by atoms with Crippen molar-refractivity contribution >= 4 is 27.3 Å². The summed E-state index contributed by atoms with van der Waals surface area (Å²) in [7, 11) is -0.681. The van der Waals surface area contributed by atoms with Crippen LogP contribution in [0.3, 0.4) is 0 Å². The predicted octanol–water partition coefficient (Wildman–Crippen LogP) is 2.16. The average molecular weight is 362 g/mol. The Hall–Kier alpha value is -2.74. The highest BCUT2D eigenvalue weighted by molar-refractivity contribution is 7.92. The van der Waals surface area contributed by atoms with E-state index in [-0.39, 0.29) is 23.1 Å².